The number of nitrogens with two attached hydrogens (primary N) is 1. The second-order valence-electron chi connectivity index (χ2n) is 4.01. The number of amides is 1. The lowest BCUT2D eigenvalue weighted by Crippen LogP contribution is -2.40. The third kappa shape index (κ3) is 2.82. The van der Waals surface area contributed by atoms with E-state index in [1.807, 2.05) is 0 Å². The van der Waals surface area contributed by atoms with Crippen molar-refractivity contribution in [3.05, 3.63) is 23.8 Å². The number of carbonyl (C=O) groups is 2. The molecule has 0 aliphatic heterocycles. The first-order valence-electron chi connectivity index (χ1n) is 5.71. The number of rotatable bonds is 4. The Balaban J connectivity index is 2.23. The van der Waals surface area contributed by atoms with Crippen LogP contribution in [0.2, 0.25) is 0 Å². The molecule has 0 radical (unpaired) electrons. The van der Waals surface area contributed by atoms with Crippen LogP contribution in [0, 0.1) is 0 Å². The number of carboxylic acid groups (broad SMARTS) is 1. The molecule has 1 atom stereocenters. The highest BCUT2D eigenvalue weighted by molar-refractivity contribution is 7.22. The SMILES string of the molecule is CC[C@H](NC(=O)c1ccc2nc(N)sc2c1)C(=O)O. The number of hydrogen-bond donors (Lipinski definition) is 3. The number of aliphatic carboxylic acids is 1. The van der Waals surface area contributed by atoms with Crippen molar-refractivity contribution in [2.75, 3.05) is 5.73 Å². The molecule has 7 heteroatoms. The molecule has 100 valence electrons. The van der Waals surface area contributed by atoms with Gasteiger partial charge in [0.1, 0.15) is 6.04 Å². The Hall–Kier alpha value is -2.15. The smallest absolute Gasteiger partial charge is 0.326 e. The van der Waals surface area contributed by atoms with Crippen LogP contribution in [0.3, 0.4) is 0 Å². The van der Waals surface area contributed by atoms with E-state index in [1.54, 1.807) is 25.1 Å². The van der Waals surface area contributed by atoms with Gasteiger partial charge >= 0.3 is 5.97 Å². The first-order chi connectivity index (χ1) is 9.01. The lowest BCUT2D eigenvalue weighted by molar-refractivity contribution is -0.139. The monoisotopic (exact) mass is 279 g/mol. The van der Waals surface area contributed by atoms with Crippen molar-refractivity contribution in [3.63, 3.8) is 0 Å². The zero-order chi connectivity index (χ0) is 14.0. The Labute approximate surface area is 113 Å². The van der Waals surface area contributed by atoms with Crippen molar-refractivity contribution in [3.8, 4) is 0 Å². The van der Waals surface area contributed by atoms with Crippen LogP contribution in [0.5, 0.6) is 0 Å². The maximum Gasteiger partial charge on any atom is 0.326 e. The quantitative estimate of drug-likeness (QED) is 0.786. The van der Waals surface area contributed by atoms with Gasteiger partial charge in [0, 0.05) is 5.56 Å². The molecule has 6 nitrogen and oxygen atoms in total. The minimum Gasteiger partial charge on any atom is -0.480 e. The van der Waals surface area contributed by atoms with Gasteiger partial charge in [0.25, 0.3) is 5.91 Å². The van der Waals surface area contributed by atoms with E-state index in [4.69, 9.17) is 10.8 Å². The number of nitrogen functional groups attached to an aromatic ring is 1. The molecule has 1 amide bonds. The molecule has 4 N–H and O–H groups in total. The molecule has 1 aromatic heterocycles. The van der Waals surface area contributed by atoms with Gasteiger partial charge in [-0.2, -0.15) is 0 Å². The summed E-state index contributed by atoms with van der Waals surface area (Å²) in [7, 11) is 0. The fraction of sp³-hybridized carbons (Fsp3) is 0.250. The summed E-state index contributed by atoms with van der Waals surface area (Å²) in [6.07, 6.45) is 0.330. The minimum atomic E-state index is -1.04. The summed E-state index contributed by atoms with van der Waals surface area (Å²) >= 11 is 1.28. The van der Waals surface area contributed by atoms with Crippen LogP contribution in [0.15, 0.2) is 18.2 Å². The van der Waals surface area contributed by atoms with E-state index in [-0.39, 0.29) is 0 Å². The molecule has 19 heavy (non-hydrogen) atoms. The van der Waals surface area contributed by atoms with Crippen LogP contribution in [0.4, 0.5) is 5.13 Å². The average molecular weight is 279 g/mol. The number of anilines is 1. The number of hydrogen-bond acceptors (Lipinski definition) is 5. The number of nitrogens with one attached hydrogen (secondary N) is 1. The number of aromatic nitrogens is 1. The summed E-state index contributed by atoms with van der Waals surface area (Å²) in [5.74, 6) is -1.46. The van der Waals surface area contributed by atoms with E-state index in [0.29, 0.717) is 17.1 Å². The Kier molecular flexibility index (Phi) is 3.66. The lowest BCUT2D eigenvalue weighted by Gasteiger charge is -2.11. The molecule has 2 aromatic rings. The second kappa shape index (κ2) is 5.23. The third-order valence-electron chi connectivity index (χ3n) is 2.68. The molecule has 0 fully saturated rings. The standard InChI is InChI=1S/C12H13N3O3S/c1-2-7(11(17)18)14-10(16)6-3-4-8-9(5-6)19-12(13)15-8/h3-5,7H,2H2,1H3,(H2,13,15)(H,14,16)(H,17,18)/t7-/m0/s1. The Morgan fingerprint density at radius 1 is 1.53 bits per heavy atom. The fourth-order valence-electron chi connectivity index (χ4n) is 1.66. The first kappa shape index (κ1) is 13.3. The molecular formula is C12H13N3O3S. The number of benzene rings is 1. The van der Waals surface area contributed by atoms with Crippen molar-refractivity contribution in [1.29, 1.82) is 0 Å². The van der Waals surface area contributed by atoms with Gasteiger partial charge in [-0.1, -0.05) is 18.3 Å². The van der Waals surface area contributed by atoms with Gasteiger partial charge in [-0.05, 0) is 24.6 Å². The molecule has 0 unspecified atom stereocenters. The predicted molar refractivity (Wildman–Crippen MR) is 73.2 cm³/mol. The van der Waals surface area contributed by atoms with E-state index >= 15 is 0 Å². The topological polar surface area (TPSA) is 105 Å². The second-order valence-corrected chi connectivity index (χ2v) is 5.07. The molecule has 0 aliphatic carbocycles. The summed E-state index contributed by atoms with van der Waals surface area (Å²) < 4.78 is 0.800. The average Bonchev–Trinajstić information content (AvgIpc) is 2.74. The summed E-state index contributed by atoms with van der Waals surface area (Å²) in [6.45, 7) is 1.70. The Morgan fingerprint density at radius 3 is 2.89 bits per heavy atom. The van der Waals surface area contributed by atoms with Crippen molar-refractivity contribution >= 4 is 38.6 Å². The van der Waals surface area contributed by atoms with E-state index in [2.05, 4.69) is 10.3 Å². The molecule has 2 rings (SSSR count). The number of carbonyl (C=O) groups excluding carboxylic acids is 1. The molecule has 0 saturated heterocycles. The molecular weight excluding hydrogens is 266 g/mol. The number of carboxylic acids is 1. The van der Waals surface area contributed by atoms with Crippen molar-refractivity contribution < 1.29 is 14.7 Å². The zero-order valence-corrected chi connectivity index (χ0v) is 11.0. The molecule has 1 aromatic carbocycles. The van der Waals surface area contributed by atoms with Crippen LogP contribution in [0.25, 0.3) is 10.2 Å². The molecule has 0 spiro atoms. The normalized spacial score (nSPS) is 12.3. The van der Waals surface area contributed by atoms with Crippen molar-refractivity contribution in [2.45, 2.75) is 19.4 Å². The van der Waals surface area contributed by atoms with Gasteiger partial charge in [0.05, 0.1) is 10.2 Å². The van der Waals surface area contributed by atoms with Crippen LogP contribution in [-0.2, 0) is 4.79 Å². The maximum absolute atomic E-state index is 11.9. The molecule has 0 saturated carbocycles. The highest BCUT2D eigenvalue weighted by atomic mass is 32.1. The van der Waals surface area contributed by atoms with E-state index in [0.717, 1.165) is 10.2 Å². The predicted octanol–water partition coefficient (Wildman–Crippen LogP) is 1.47. The molecule has 0 bridgehead atoms. The lowest BCUT2D eigenvalue weighted by atomic mass is 10.1. The maximum atomic E-state index is 11.9. The van der Waals surface area contributed by atoms with Crippen molar-refractivity contribution in [2.24, 2.45) is 0 Å². The largest absolute Gasteiger partial charge is 0.480 e. The molecule has 1 heterocycles. The number of nitrogens with zero attached hydrogens (tertiary/aromatic N) is 1. The number of fused-ring (bicyclic) bond motifs is 1. The van der Waals surface area contributed by atoms with E-state index < -0.39 is 17.9 Å². The summed E-state index contributed by atoms with van der Waals surface area (Å²) in [6, 6.07) is 4.08. The Morgan fingerprint density at radius 2 is 2.26 bits per heavy atom. The van der Waals surface area contributed by atoms with E-state index in [1.165, 1.54) is 11.3 Å². The van der Waals surface area contributed by atoms with Gasteiger partial charge in [-0.15, -0.1) is 0 Å². The molecule has 0 aliphatic rings. The van der Waals surface area contributed by atoms with E-state index in [9.17, 15) is 9.59 Å². The minimum absolute atomic E-state index is 0.330. The van der Waals surface area contributed by atoms with Gasteiger partial charge in [-0.3, -0.25) is 4.79 Å². The third-order valence-corrected chi connectivity index (χ3v) is 3.53. The van der Waals surface area contributed by atoms with Gasteiger partial charge < -0.3 is 16.2 Å². The van der Waals surface area contributed by atoms with Crippen molar-refractivity contribution in [1.82, 2.24) is 10.3 Å². The highest BCUT2D eigenvalue weighted by Crippen LogP contribution is 2.24. The van der Waals surface area contributed by atoms with Crippen LogP contribution in [0.1, 0.15) is 23.7 Å². The summed E-state index contributed by atoms with van der Waals surface area (Å²) in [4.78, 5) is 26.9. The summed E-state index contributed by atoms with van der Waals surface area (Å²) in [5, 5.41) is 11.8. The van der Waals surface area contributed by atoms with Crippen LogP contribution < -0.4 is 11.1 Å². The van der Waals surface area contributed by atoms with Gasteiger partial charge in [0.15, 0.2) is 5.13 Å². The highest BCUT2D eigenvalue weighted by Gasteiger charge is 2.18. The van der Waals surface area contributed by atoms with Crippen LogP contribution >= 0.6 is 11.3 Å². The van der Waals surface area contributed by atoms with Crippen LogP contribution in [-0.4, -0.2) is 28.0 Å². The summed E-state index contributed by atoms with van der Waals surface area (Å²) in [5.41, 5.74) is 6.71. The fourth-order valence-corrected chi connectivity index (χ4v) is 2.44. The Bertz CT molecular complexity index is 638. The first-order valence-corrected chi connectivity index (χ1v) is 6.52. The van der Waals surface area contributed by atoms with Gasteiger partial charge in [-0.25, -0.2) is 9.78 Å². The zero-order valence-electron chi connectivity index (χ0n) is 10.2. The number of thiazole rings is 1. The van der Waals surface area contributed by atoms with Gasteiger partial charge in [0.2, 0.25) is 0 Å².